The van der Waals surface area contributed by atoms with Crippen LogP contribution in [0.25, 0.3) is 0 Å². The quantitative estimate of drug-likeness (QED) is 0.0131. The van der Waals surface area contributed by atoms with Crippen LogP contribution in [0.4, 0.5) is 19.2 Å². The van der Waals surface area contributed by atoms with Gasteiger partial charge < -0.3 is 106 Å². The predicted molar refractivity (Wildman–Crippen MR) is 398 cm³/mol. The molecule has 0 heterocycles. The number of carboxylic acids is 2. The third-order valence-corrected chi connectivity index (χ3v) is 15.3. The maximum absolute atomic E-state index is 13.2. The molecule has 0 aliphatic carbocycles. The van der Waals surface area contributed by atoms with E-state index in [0.717, 1.165) is 25.7 Å². The maximum atomic E-state index is 13.2. The summed E-state index contributed by atoms with van der Waals surface area (Å²) in [7, 11) is 0. The fourth-order valence-corrected chi connectivity index (χ4v) is 9.66. The van der Waals surface area contributed by atoms with Gasteiger partial charge in [-0.05, 0) is 77.0 Å². The number of nitrogens with one attached hydrogen (secondary N) is 8. The van der Waals surface area contributed by atoms with Gasteiger partial charge in [-0.15, -0.1) is 0 Å². The van der Waals surface area contributed by atoms with E-state index in [2.05, 4.69) is 63.9 Å². The third kappa shape index (κ3) is 66.1. The summed E-state index contributed by atoms with van der Waals surface area (Å²) >= 11 is 0. The van der Waals surface area contributed by atoms with Gasteiger partial charge in [0, 0.05) is 143 Å². The molecular weight excluding hydrogens is 1450 g/mol. The molecule has 0 bridgehead atoms. The Morgan fingerprint density at radius 3 is 0.809 bits per heavy atom. The molecular formula is C71H128N12O27. The lowest BCUT2D eigenvalue weighted by Crippen LogP contribution is -2.43. The van der Waals surface area contributed by atoms with E-state index in [1.807, 2.05) is 27.7 Å². The molecule has 0 aromatic heterocycles. The van der Waals surface area contributed by atoms with Crippen molar-refractivity contribution in [2.24, 2.45) is 0 Å². The average Bonchev–Trinajstić information content (AvgIpc) is 0.940. The number of amides is 12. The fraction of sp³-hybridized carbons (Fsp3) is 0.775. The number of hydrogen-bond donors (Lipinski definition) is 12. The predicted octanol–water partition coefficient (Wildman–Crippen LogP) is 4.51. The van der Waals surface area contributed by atoms with Crippen molar-refractivity contribution in [1.82, 2.24) is 62.1 Å². The minimum atomic E-state index is -1.07. The lowest BCUT2D eigenvalue weighted by Gasteiger charge is -2.23. The molecule has 634 valence electrons. The molecule has 0 aliphatic heterocycles. The van der Waals surface area contributed by atoms with Gasteiger partial charge >= 0.3 is 36.3 Å². The van der Waals surface area contributed by atoms with Crippen LogP contribution >= 0.6 is 0 Å². The lowest BCUT2D eigenvalue weighted by molar-refractivity contribution is -0.490. The molecule has 0 rings (SSSR count). The van der Waals surface area contributed by atoms with E-state index in [1.165, 1.54) is 9.80 Å². The second kappa shape index (κ2) is 72.9. The standard InChI is InChI=1S/C53H92N10O22.C18H36N2O5/c1-41(84-78)40-49(71)57-26-13-5-9-17-45(67)61-30-34-63(33-29-60-44(66)16-8-4-12-25-56-48(70)22-35-83-85-79)53(77)82-39-37-80-36-38-81-52(76)62(31-27-58-42(64)14-6-2-10-23-54-46(68)18-20-50(72)73)32-28-59-43(65)15-7-3-11-24-55-47(69)19-21-51(74)75;1-5-9-19(10-6-2)17(21)24-15-13-23-14-16-25-18(22)20(11-7-3)12-8-4/h78-79H,1-40H2,(H,54,68)(H,55,69)(H,56,70)(H,57,71)(H,58,64)(H,59,65)(H,60,66)(H,61,67)(H,72,73)(H,74,75);5-16H2,1-4H3. The highest BCUT2D eigenvalue weighted by molar-refractivity contribution is 5.82. The minimum Gasteiger partial charge on any atom is -0.481 e. The Labute approximate surface area is 645 Å². The summed E-state index contributed by atoms with van der Waals surface area (Å²) in [5, 5.41) is 59.2. The highest BCUT2D eigenvalue weighted by Crippen LogP contribution is 2.07. The summed E-state index contributed by atoms with van der Waals surface area (Å²) in [4.78, 5) is 183. The molecule has 12 amide bonds. The molecule has 0 spiro atoms. The molecule has 0 saturated carbocycles. The number of aliphatic carboxylic acids is 2. The van der Waals surface area contributed by atoms with Crippen LogP contribution in [0.5, 0.6) is 0 Å². The molecule has 0 aromatic carbocycles. The molecule has 0 aliphatic rings. The first-order chi connectivity index (χ1) is 53.0. The molecule has 0 unspecified atom stereocenters. The number of unbranched alkanes of at least 4 members (excludes halogenated alkanes) is 8. The fourth-order valence-electron chi connectivity index (χ4n) is 9.66. The number of rotatable bonds is 69. The van der Waals surface area contributed by atoms with E-state index in [0.29, 0.717) is 143 Å². The molecule has 110 heavy (non-hydrogen) atoms. The largest absolute Gasteiger partial charge is 0.481 e. The van der Waals surface area contributed by atoms with Crippen LogP contribution < -0.4 is 42.5 Å². The van der Waals surface area contributed by atoms with Crippen LogP contribution in [0, 0.1) is 0 Å². The Morgan fingerprint density at radius 2 is 0.545 bits per heavy atom. The van der Waals surface area contributed by atoms with E-state index >= 15 is 0 Å². The summed E-state index contributed by atoms with van der Waals surface area (Å²) in [6.07, 6.45) is 8.31. The maximum Gasteiger partial charge on any atom is 0.409 e. The normalized spacial score (nSPS) is 10.5. The molecule has 0 atom stereocenters. The average molecular weight is 1580 g/mol. The number of carbonyl (C=O) groups excluding carboxylic acids is 12. The smallest absolute Gasteiger partial charge is 0.409 e. The van der Waals surface area contributed by atoms with Crippen molar-refractivity contribution >= 4 is 83.6 Å². The first-order valence-electron chi connectivity index (χ1n) is 38.3. The molecule has 0 radical (unpaired) electrons. The van der Waals surface area contributed by atoms with Gasteiger partial charge in [0.05, 0.1) is 58.7 Å². The summed E-state index contributed by atoms with van der Waals surface area (Å²) < 4.78 is 32.1. The van der Waals surface area contributed by atoms with Gasteiger partial charge in [0.1, 0.15) is 32.2 Å². The molecule has 12 N–H and O–H groups in total. The first-order valence-corrected chi connectivity index (χ1v) is 38.3. The topological polar surface area (TPSA) is 512 Å². The van der Waals surface area contributed by atoms with E-state index < -0.39 is 24.1 Å². The van der Waals surface area contributed by atoms with Gasteiger partial charge in [-0.2, -0.15) is 0 Å². The second-order valence-electron chi connectivity index (χ2n) is 24.9. The van der Waals surface area contributed by atoms with Gasteiger partial charge in [-0.1, -0.05) is 65.0 Å². The van der Waals surface area contributed by atoms with E-state index in [-0.39, 0.29) is 228 Å². The molecule has 0 saturated heterocycles. The van der Waals surface area contributed by atoms with Gasteiger partial charge in [-0.3, -0.25) is 47.9 Å². The molecule has 39 nitrogen and oxygen atoms in total. The van der Waals surface area contributed by atoms with Gasteiger partial charge in [0.15, 0.2) is 0 Å². The van der Waals surface area contributed by atoms with Crippen LogP contribution in [0.2, 0.25) is 0 Å². The van der Waals surface area contributed by atoms with Crippen LogP contribution in [-0.4, -0.2) is 288 Å². The molecule has 39 heteroatoms. The Morgan fingerprint density at radius 1 is 0.291 bits per heavy atom. The number of carbonyl (C=O) groups is 14. The van der Waals surface area contributed by atoms with Crippen molar-refractivity contribution in [2.75, 3.05) is 164 Å². The zero-order valence-corrected chi connectivity index (χ0v) is 65.2. The minimum absolute atomic E-state index is 0.00358. The monoisotopic (exact) mass is 1580 g/mol. The third-order valence-electron chi connectivity index (χ3n) is 15.3. The second-order valence-corrected chi connectivity index (χ2v) is 24.9. The summed E-state index contributed by atoms with van der Waals surface area (Å²) in [5.41, 5.74) is 0. The van der Waals surface area contributed by atoms with Crippen LogP contribution in [0.1, 0.15) is 195 Å². The van der Waals surface area contributed by atoms with Crippen LogP contribution in [-0.2, 0) is 91.2 Å². The first kappa shape index (κ1) is 103. The summed E-state index contributed by atoms with van der Waals surface area (Å²) in [5.74, 6) is -4.70. The number of hydrogen-bond acceptors (Lipinski definition) is 25. The van der Waals surface area contributed by atoms with Gasteiger partial charge in [-0.25, -0.2) is 34.6 Å². The number of nitrogens with zero attached hydrogens (tertiary/aromatic N) is 4. The van der Waals surface area contributed by atoms with E-state index in [1.54, 1.807) is 9.80 Å². The van der Waals surface area contributed by atoms with Crippen molar-refractivity contribution in [2.45, 2.75) is 195 Å². The number of ether oxygens (including phenoxy) is 6. The zero-order valence-electron chi connectivity index (χ0n) is 65.2. The molecule has 0 fully saturated rings. The number of carboxylic acid groups (broad SMARTS) is 2. The lowest BCUT2D eigenvalue weighted by atomic mass is 10.2. The van der Waals surface area contributed by atoms with Gasteiger partial charge in [0.25, 0.3) is 0 Å². The Bertz CT molecular complexity index is 2490. The zero-order chi connectivity index (χ0) is 82.1. The highest BCUT2D eigenvalue weighted by Gasteiger charge is 2.20. The van der Waals surface area contributed by atoms with Crippen molar-refractivity contribution in [3.05, 3.63) is 12.3 Å². The molecule has 0 aromatic rings. The van der Waals surface area contributed by atoms with Crippen molar-refractivity contribution in [1.29, 1.82) is 0 Å². The highest BCUT2D eigenvalue weighted by atomic mass is 17.5. The van der Waals surface area contributed by atoms with Crippen molar-refractivity contribution in [3.63, 3.8) is 0 Å². The van der Waals surface area contributed by atoms with E-state index in [9.17, 15) is 67.1 Å². The Kier molecular flexibility index (Phi) is 68.4. The van der Waals surface area contributed by atoms with Crippen LogP contribution in [0.3, 0.4) is 0 Å². The Hall–Kier alpha value is -8.92. The summed E-state index contributed by atoms with van der Waals surface area (Å²) in [6.45, 7) is 16.4. The Balaban J connectivity index is 0. The SMILES string of the molecule is C=C(CC(=O)NCCCCCC(=O)NCCN(CCNC(=O)CCCCCNC(=O)CCOOO)C(=O)OCCOCCOC(=O)N(CCNC(=O)CCCCCNC(=O)CCC(=O)O)CCNC(=O)CCCCCNC(=O)CCC(=O)O)OO.CCCN(CCC)C(=O)OCCOCCOC(=O)N(CCC)CCC. The van der Waals surface area contributed by atoms with Crippen molar-refractivity contribution < 1.29 is 131 Å². The van der Waals surface area contributed by atoms with Gasteiger partial charge in [0.2, 0.25) is 47.3 Å². The van der Waals surface area contributed by atoms with Crippen molar-refractivity contribution in [3.8, 4) is 0 Å². The summed E-state index contributed by atoms with van der Waals surface area (Å²) in [6, 6.07) is 0. The van der Waals surface area contributed by atoms with Crippen LogP contribution in [0.15, 0.2) is 12.3 Å². The van der Waals surface area contributed by atoms with E-state index in [4.69, 9.17) is 49.1 Å².